The second kappa shape index (κ2) is 4.92. The molecule has 0 spiro atoms. The molecule has 86 valence electrons. The number of allylic oxidation sites excluding steroid dienone is 5. The minimum atomic E-state index is -0.339. The molecule has 0 bridgehead atoms. The molecule has 0 aromatic heterocycles. The molecule has 0 fully saturated rings. The van der Waals surface area contributed by atoms with E-state index < -0.39 is 0 Å². The number of hydrogen-bond acceptors (Lipinski definition) is 3. The molecular weight excluding hydrogens is 204 g/mol. The van der Waals surface area contributed by atoms with E-state index in [1.807, 2.05) is 13.0 Å². The van der Waals surface area contributed by atoms with Crippen molar-refractivity contribution in [3.05, 3.63) is 36.1 Å². The van der Waals surface area contributed by atoms with Crippen molar-refractivity contribution in [1.29, 1.82) is 0 Å². The zero-order valence-corrected chi connectivity index (χ0v) is 9.82. The lowest BCUT2D eigenvalue weighted by atomic mass is 9.80. The fourth-order valence-corrected chi connectivity index (χ4v) is 1.62. The first-order valence-corrected chi connectivity index (χ1v) is 5.14. The van der Waals surface area contributed by atoms with E-state index in [1.54, 1.807) is 13.2 Å². The molecule has 0 saturated heterocycles. The monoisotopic (exact) mass is 220 g/mol. The third kappa shape index (κ3) is 2.92. The summed E-state index contributed by atoms with van der Waals surface area (Å²) in [6, 6.07) is 0. The molecule has 0 heterocycles. The zero-order valence-electron chi connectivity index (χ0n) is 9.82. The van der Waals surface area contributed by atoms with Crippen molar-refractivity contribution in [2.75, 3.05) is 7.11 Å². The second-order valence-electron chi connectivity index (χ2n) is 4.08. The van der Waals surface area contributed by atoms with E-state index in [-0.39, 0.29) is 17.0 Å². The Morgan fingerprint density at radius 3 is 2.81 bits per heavy atom. The Kier molecular flexibility index (Phi) is 3.82. The third-order valence-electron chi connectivity index (χ3n) is 2.57. The minimum absolute atomic E-state index is 0.0161. The van der Waals surface area contributed by atoms with Gasteiger partial charge in [-0.05, 0) is 32.4 Å². The van der Waals surface area contributed by atoms with Gasteiger partial charge in [-0.1, -0.05) is 12.2 Å². The molecule has 1 aliphatic carbocycles. The fourth-order valence-electron chi connectivity index (χ4n) is 1.62. The molecule has 1 atom stereocenters. The molecule has 3 heteroatoms. The van der Waals surface area contributed by atoms with E-state index in [2.05, 4.69) is 0 Å². The molecule has 0 saturated carbocycles. The summed E-state index contributed by atoms with van der Waals surface area (Å²) >= 11 is 0. The Morgan fingerprint density at radius 2 is 2.25 bits per heavy atom. The van der Waals surface area contributed by atoms with E-state index in [0.717, 1.165) is 0 Å². The molecule has 0 N–H and O–H groups in total. The molecule has 0 aromatic carbocycles. The van der Waals surface area contributed by atoms with Gasteiger partial charge in [0.15, 0.2) is 11.6 Å². The zero-order chi connectivity index (χ0) is 12.2. The van der Waals surface area contributed by atoms with Crippen LogP contribution in [0.15, 0.2) is 36.1 Å². The summed E-state index contributed by atoms with van der Waals surface area (Å²) in [4.78, 5) is 22.0. The molecule has 0 aliphatic heterocycles. The molecular formula is C13H16O3. The van der Waals surface area contributed by atoms with Crippen molar-refractivity contribution in [3.8, 4) is 0 Å². The quantitative estimate of drug-likeness (QED) is 0.682. The van der Waals surface area contributed by atoms with E-state index in [1.165, 1.54) is 25.2 Å². The lowest BCUT2D eigenvalue weighted by Gasteiger charge is -2.28. The van der Waals surface area contributed by atoms with Crippen LogP contribution in [0, 0.1) is 5.41 Å². The van der Waals surface area contributed by atoms with Crippen molar-refractivity contribution in [1.82, 2.24) is 0 Å². The maximum Gasteiger partial charge on any atom is 0.181 e. The van der Waals surface area contributed by atoms with Crippen LogP contribution in [-0.2, 0) is 14.3 Å². The van der Waals surface area contributed by atoms with Crippen LogP contribution in [-0.4, -0.2) is 18.7 Å². The van der Waals surface area contributed by atoms with Gasteiger partial charge >= 0.3 is 0 Å². The Labute approximate surface area is 95.5 Å². The van der Waals surface area contributed by atoms with E-state index in [0.29, 0.717) is 12.2 Å². The highest BCUT2D eigenvalue weighted by molar-refractivity contribution is 6.00. The molecule has 1 rings (SSSR count). The topological polar surface area (TPSA) is 43.4 Å². The van der Waals surface area contributed by atoms with Gasteiger partial charge in [-0.3, -0.25) is 9.59 Å². The number of hydrogen-bond donors (Lipinski definition) is 0. The van der Waals surface area contributed by atoms with Crippen LogP contribution >= 0.6 is 0 Å². The number of carbonyl (C=O) groups excluding carboxylic acids is 2. The lowest BCUT2D eigenvalue weighted by Crippen LogP contribution is -2.21. The highest BCUT2D eigenvalue weighted by Crippen LogP contribution is 2.35. The summed E-state index contributed by atoms with van der Waals surface area (Å²) in [5, 5.41) is 0. The van der Waals surface area contributed by atoms with Crippen LogP contribution in [0.2, 0.25) is 0 Å². The molecule has 0 radical (unpaired) electrons. The van der Waals surface area contributed by atoms with Gasteiger partial charge in [0.2, 0.25) is 0 Å². The van der Waals surface area contributed by atoms with Crippen molar-refractivity contribution in [2.24, 2.45) is 5.41 Å². The number of methoxy groups -OCH3 is 1. The maximum absolute atomic E-state index is 11.2. The number of carbonyl (C=O) groups is 2. The van der Waals surface area contributed by atoms with Gasteiger partial charge in [-0.15, -0.1) is 0 Å². The highest BCUT2D eigenvalue weighted by Gasteiger charge is 2.29. The van der Waals surface area contributed by atoms with Gasteiger partial charge in [0.1, 0.15) is 5.76 Å². The summed E-state index contributed by atoms with van der Waals surface area (Å²) in [7, 11) is 1.55. The van der Waals surface area contributed by atoms with Crippen molar-refractivity contribution in [3.63, 3.8) is 0 Å². The van der Waals surface area contributed by atoms with Gasteiger partial charge in [0.25, 0.3) is 0 Å². The van der Waals surface area contributed by atoms with Crippen LogP contribution < -0.4 is 0 Å². The molecule has 1 aliphatic rings. The first-order chi connectivity index (χ1) is 7.48. The molecule has 1 unspecified atom stereocenters. The Morgan fingerprint density at radius 1 is 1.56 bits per heavy atom. The maximum atomic E-state index is 11.2. The highest BCUT2D eigenvalue weighted by atomic mass is 16.5. The second-order valence-corrected chi connectivity index (χ2v) is 4.08. The van der Waals surface area contributed by atoms with Crippen molar-refractivity contribution < 1.29 is 14.3 Å². The van der Waals surface area contributed by atoms with E-state index in [9.17, 15) is 9.59 Å². The van der Waals surface area contributed by atoms with Gasteiger partial charge in [-0.2, -0.15) is 0 Å². The van der Waals surface area contributed by atoms with Crippen molar-refractivity contribution >= 4 is 11.6 Å². The van der Waals surface area contributed by atoms with Gasteiger partial charge in [-0.25, -0.2) is 0 Å². The molecule has 3 nitrogen and oxygen atoms in total. The van der Waals surface area contributed by atoms with Crippen LogP contribution in [0.3, 0.4) is 0 Å². The summed E-state index contributed by atoms with van der Waals surface area (Å²) in [6.45, 7) is 3.47. The molecule has 0 aromatic rings. The van der Waals surface area contributed by atoms with E-state index in [4.69, 9.17) is 4.74 Å². The first-order valence-electron chi connectivity index (χ1n) is 5.14. The SMILES string of the molecule is COC1=CC(=O)C=CC1(C)C/C=C/C(C)=O. The average Bonchev–Trinajstić information content (AvgIpc) is 2.21. The summed E-state index contributed by atoms with van der Waals surface area (Å²) in [5.41, 5.74) is -0.339. The fraction of sp³-hybridized carbons (Fsp3) is 0.385. The molecule has 16 heavy (non-hydrogen) atoms. The lowest BCUT2D eigenvalue weighted by molar-refractivity contribution is -0.113. The number of ketones is 2. The van der Waals surface area contributed by atoms with Gasteiger partial charge in [0.05, 0.1) is 7.11 Å². The predicted molar refractivity (Wildman–Crippen MR) is 61.8 cm³/mol. The standard InChI is InChI=1S/C13H16O3/c1-10(14)5-4-7-13(2)8-6-11(15)9-12(13)16-3/h4-6,8-9H,7H2,1-3H3/b5-4+. The van der Waals surface area contributed by atoms with Crippen LogP contribution in [0.1, 0.15) is 20.3 Å². The summed E-state index contributed by atoms with van der Waals surface area (Å²) in [6.07, 6.45) is 8.80. The molecule has 0 amide bonds. The smallest absolute Gasteiger partial charge is 0.181 e. The van der Waals surface area contributed by atoms with Crippen LogP contribution in [0.5, 0.6) is 0 Å². The van der Waals surface area contributed by atoms with Crippen molar-refractivity contribution in [2.45, 2.75) is 20.3 Å². The van der Waals surface area contributed by atoms with Crippen LogP contribution in [0.25, 0.3) is 0 Å². The predicted octanol–water partition coefficient (Wildman–Crippen LogP) is 2.20. The first kappa shape index (κ1) is 12.4. The largest absolute Gasteiger partial charge is 0.500 e. The summed E-state index contributed by atoms with van der Waals surface area (Å²) in [5.74, 6) is 0.584. The average molecular weight is 220 g/mol. The normalized spacial score (nSPS) is 24.7. The Hall–Kier alpha value is -1.64. The van der Waals surface area contributed by atoms with E-state index >= 15 is 0 Å². The Bertz CT molecular complexity index is 388. The van der Waals surface area contributed by atoms with Gasteiger partial charge in [0, 0.05) is 11.5 Å². The minimum Gasteiger partial charge on any atom is -0.500 e. The number of rotatable bonds is 4. The summed E-state index contributed by atoms with van der Waals surface area (Å²) < 4.78 is 5.20. The third-order valence-corrected chi connectivity index (χ3v) is 2.57. The Balaban J connectivity index is 2.83. The van der Waals surface area contributed by atoms with Crippen LogP contribution in [0.4, 0.5) is 0 Å². The number of ether oxygens (including phenoxy) is 1. The van der Waals surface area contributed by atoms with Gasteiger partial charge < -0.3 is 4.74 Å².